The standard InChI is InChI=1S/C11H15IN2O2.ClH/c1-7(6-13)11(15)14-10-5-8(16-2)3-4-9(10)12;/h3-5,7H,6,13H2,1-2H3,(H,14,15);1H. The monoisotopic (exact) mass is 370 g/mol. The molecule has 0 radical (unpaired) electrons. The average Bonchev–Trinajstić information content (AvgIpc) is 2.30. The number of carbonyl (C=O) groups is 1. The van der Waals surface area contributed by atoms with Crippen LogP contribution < -0.4 is 15.8 Å². The van der Waals surface area contributed by atoms with Crippen molar-refractivity contribution in [2.45, 2.75) is 6.92 Å². The second-order valence-electron chi connectivity index (χ2n) is 3.47. The molecule has 6 heteroatoms. The first kappa shape index (κ1) is 16.5. The molecule has 0 saturated carbocycles. The molecule has 1 aromatic rings. The van der Waals surface area contributed by atoms with Gasteiger partial charge in [0.2, 0.25) is 5.91 Å². The maximum atomic E-state index is 11.7. The Morgan fingerprint density at radius 3 is 2.76 bits per heavy atom. The molecule has 1 rings (SSSR count). The second-order valence-corrected chi connectivity index (χ2v) is 4.63. The fourth-order valence-electron chi connectivity index (χ4n) is 1.09. The molecule has 0 aliphatic heterocycles. The number of carbonyl (C=O) groups excluding carboxylic acids is 1. The predicted molar refractivity (Wildman–Crippen MR) is 79.8 cm³/mol. The Balaban J connectivity index is 0.00000256. The van der Waals surface area contributed by atoms with Crippen LogP contribution in [0.4, 0.5) is 5.69 Å². The lowest BCUT2D eigenvalue weighted by atomic mass is 10.1. The van der Waals surface area contributed by atoms with Crippen LogP contribution in [0, 0.1) is 9.49 Å². The van der Waals surface area contributed by atoms with Crippen molar-refractivity contribution >= 4 is 46.6 Å². The van der Waals surface area contributed by atoms with Crippen LogP contribution in [0.1, 0.15) is 6.92 Å². The maximum absolute atomic E-state index is 11.7. The van der Waals surface area contributed by atoms with Crippen LogP contribution in [0.3, 0.4) is 0 Å². The molecular formula is C11H16ClIN2O2. The topological polar surface area (TPSA) is 64.3 Å². The summed E-state index contributed by atoms with van der Waals surface area (Å²) in [6.07, 6.45) is 0. The summed E-state index contributed by atoms with van der Waals surface area (Å²) >= 11 is 2.16. The van der Waals surface area contributed by atoms with Crippen LogP contribution in [0.2, 0.25) is 0 Å². The summed E-state index contributed by atoms with van der Waals surface area (Å²) in [5.41, 5.74) is 6.19. The van der Waals surface area contributed by atoms with E-state index in [4.69, 9.17) is 10.5 Å². The molecule has 0 heterocycles. The van der Waals surface area contributed by atoms with Crippen molar-refractivity contribution in [1.82, 2.24) is 0 Å². The molecule has 4 nitrogen and oxygen atoms in total. The molecule has 0 saturated heterocycles. The van der Waals surface area contributed by atoms with Crippen molar-refractivity contribution < 1.29 is 9.53 Å². The predicted octanol–water partition coefficient (Wildman–Crippen LogP) is 2.25. The highest BCUT2D eigenvalue weighted by Gasteiger charge is 2.12. The lowest BCUT2D eigenvalue weighted by Crippen LogP contribution is -2.26. The van der Waals surface area contributed by atoms with Gasteiger partial charge < -0.3 is 15.8 Å². The second kappa shape index (κ2) is 7.73. The van der Waals surface area contributed by atoms with E-state index in [1.54, 1.807) is 20.1 Å². The van der Waals surface area contributed by atoms with E-state index >= 15 is 0 Å². The fraction of sp³-hybridized carbons (Fsp3) is 0.364. The molecule has 3 N–H and O–H groups in total. The molecule has 0 aliphatic carbocycles. The SMILES string of the molecule is COc1ccc(I)c(NC(=O)C(C)CN)c1.Cl. The Kier molecular flexibility index (Phi) is 7.49. The van der Waals surface area contributed by atoms with Gasteiger partial charge in [0.05, 0.1) is 12.8 Å². The third kappa shape index (κ3) is 4.69. The highest BCUT2D eigenvalue weighted by atomic mass is 127. The molecule has 0 fully saturated rings. The summed E-state index contributed by atoms with van der Waals surface area (Å²) in [6, 6.07) is 5.54. The van der Waals surface area contributed by atoms with Gasteiger partial charge in [-0.25, -0.2) is 0 Å². The number of hydrogen-bond donors (Lipinski definition) is 2. The molecule has 1 aromatic carbocycles. The first-order valence-corrected chi connectivity index (χ1v) is 6.00. The average molecular weight is 371 g/mol. The number of nitrogens with two attached hydrogens (primary N) is 1. The van der Waals surface area contributed by atoms with Crippen molar-refractivity contribution in [3.63, 3.8) is 0 Å². The van der Waals surface area contributed by atoms with Crippen LogP contribution in [0.25, 0.3) is 0 Å². The van der Waals surface area contributed by atoms with Crippen LogP contribution in [-0.2, 0) is 4.79 Å². The number of hydrogen-bond acceptors (Lipinski definition) is 3. The van der Waals surface area contributed by atoms with E-state index in [0.717, 1.165) is 15.0 Å². The van der Waals surface area contributed by atoms with E-state index in [2.05, 4.69) is 27.9 Å². The van der Waals surface area contributed by atoms with Gasteiger partial charge in [-0.2, -0.15) is 0 Å². The first-order chi connectivity index (χ1) is 7.58. The van der Waals surface area contributed by atoms with Crippen LogP contribution in [-0.4, -0.2) is 19.6 Å². The van der Waals surface area contributed by atoms with E-state index < -0.39 is 0 Å². The van der Waals surface area contributed by atoms with Gasteiger partial charge in [-0.1, -0.05) is 6.92 Å². The Hall–Kier alpha value is -0.530. The minimum absolute atomic E-state index is 0. The third-order valence-electron chi connectivity index (χ3n) is 2.23. The Labute approximate surface area is 121 Å². The van der Waals surface area contributed by atoms with Crippen molar-refractivity contribution in [2.75, 3.05) is 19.0 Å². The number of nitrogens with one attached hydrogen (secondary N) is 1. The summed E-state index contributed by atoms with van der Waals surface area (Å²) in [5.74, 6) is 0.451. The van der Waals surface area contributed by atoms with E-state index in [9.17, 15) is 4.79 Å². The van der Waals surface area contributed by atoms with Gasteiger partial charge in [-0.15, -0.1) is 12.4 Å². The van der Waals surface area contributed by atoms with Crippen LogP contribution >= 0.6 is 35.0 Å². The molecule has 17 heavy (non-hydrogen) atoms. The number of amides is 1. The lowest BCUT2D eigenvalue weighted by molar-refractivity contribution is -0.119. The number of benzene rings is 1. The molecule has 0 spiro atoms. The van der Waals surface area contributed by atoms with Gasteiger partial charge in [0.1, 0.15) is 5.75 Å². The summed E-state index contributed by atoms with van der Waals surface area (Å²) < 4.78 is 6.07. The molecular weight excluding hydrogens is 354 g/mol. The smallest absolute Gasteiger partial charge is 0.228 e. The van der Waals surface area contributed by atoms with Crippen molar-refractivity contribution in [1.29, 1.82) is 0 Å². The summed E-state index contributed by atoms with van der Waals surface area (Å²) in [5, 5.41) is 2.83. The number of ether oxygens (including phenoxy) is 1. The molecule has 0 bridgehead atoms. The third-order valence-corrected chi connectivity index (χ3v) is 3.17. The van der Waals surface area contributed by atoms with Gasteiger partial charge in [-0.05, 0) is 34.7 Å². The first-order valence-electron chi connectivity index (χ1n) is 4.93. The van der Waals surface area contributed by atoms with Crippen LogP contribution in [0.5, 0.6) is 5.75 Å². The van der Waals surface area contributed by atoms with E-state index in [1.807, 2.05) is 12.1 Å². The van der Waals surface area contributed by atoms with Gasteiger partial charge in [-0.3, -0.25) is 4.79 Å². The van der Waals surface area contributed by atoms with Gasteiger partial charge in [0.25, 0.3) is 0 Å². The van der Waals surface area contributed by atoms with Crippen molar-refractivity contribution in [3.8, 4) is 5.75 Å². The highest BCUT2D eigenvalue weighted by molar-refractivity contribution is 14.1. The van der Waals surface area contributed by atoms with Gasteiger partial charge in [0.15, 0.2) is 0 Å². The van der Waals surface area contributed by atoms with Crippen molar-refractivity contribution in [3.05, 3.63) is 21.8 Å². The van der Waals surface area contributed by atoms with Gasteiger partial charge in [0, 0.05) is 22.1 Å². The van der Waals surface area contributed by atoms with E-state index in [0.29, 0.717) is 6.54 Å². The number of anilines is 1. The lowest BCUT2D eigenvalue weighted by Gasteiger charge is -2.12. The molecule has 0 aliphatic rings. The Bertz CT molecular complexity index is 388. The molecule has 1 unspecified atom stereocenters. The summed E-state index contributed by atoms with van der Waals surface area (Å²) in [6.45, 7) is 2.13. The quantitative estimate of drug-likeness (QED) is 0.799. The number of halogens is 2. The Morgan fingerprint density at radius 2 is 2.24 bits per heavy atom. The molecule has 0 aromatic heterocycles. The molecule has 1 atom stereocenters. The van der Waals surface area contributed by atoms with Crippen LogP contribution in [0.15, 0.2) is 18.2 Å². The minimum atomic E-state index is -0.193. The molecule has 1 amide bonds. The van der Waals surface area contributed by atoms with Crippen molar-refractivity contribution in [2.24, 2.45) is 11.7 Å². The summed E-state index contributed by atoms with van der Waals surface area (Å²) in [4.78, 5) is 11.7. The zero-order chi connectivity index (χ0) is 12.1. The fourth-order valence-corrected chi connectivity index (χ4v) is 1.56. The Morgan fingerprint density at radius 1 is 1.59 bits per heavy atom. The highest BCUT2D eigenvalue weighted by Crippen LogP contribution is 2.24. The number of methoxy groups -OCH3 is 1. The van der Waals surface area contributed by atoms with E-state index in [1.165, 1.54) is 0 Å². The number of rotatable bonds is 4. The summed E-state index contributed by atoms with van der Waals surface area (Å²) in [7, 11) is 1.59. The zero-order valence-electron chi connectivity index (χ0n) is 9.70. The molecule has 96 valence electrons. The van der Waals surface area contributed by atoms with E-state index in [-0.39, 0.29) is 24.2 Å². The zero-order valence-corrected chi connectivity index (χ0v) is 12.7. The van der Waals surface area contributed by atoms with Gasteiger partial charge >= 0.3 is 0 Å². The largest absolute Gasteiger partial charge is 0.497 e. The normalized spacial score (nSPS) is 11.3. The maximum Gasteiger partial charge on any atom is 0.228 e. The minimum Gasteiger partial charge on any atom is -0.497 e.